The second-order valence-corrected chi connectivity index (χ2v) is 1.64. The van der Waals surface area contributed by atoms with Gasteiger partial charge in [-0.05, 0) is 6.42 Å². The summed E-state index contributed by atoms with van der Waals surface area (Å²) >= 11 is 0. The molecule has 0 bridgehead atoms. The average Bonchev–Trinajstić information content (AvgIpc) is 1.68. The van der Waals surface area contributed by atoms with Gasteiger partial charge in [0.15, 0.2) is 0 Å². The van der Waals surface area contributed by atoms with Crippen molar-refractivity contribution in [3.8, 4) is 0 Å². The number of hydrogen-bond acceptors (Lipinski definition) is 2. The minimum absolute atomic E-state index is 0.211. The van der Waals surface area contributed by atoms with E-state index in [0.717, 1.165) is 12.8 Å². The molecule has 0 aromatic carbocycles. The van der Waals surface area contributed by atoms with E-state index < -0.39 is 0 Å². The van der Waals surface area contributed by atoms with Gasteiger partial charge in [-0.3, -0.25) is 4.79 Å². The first-order valence-electron chi connectivity index (χ1n) is 2.69. The third-order valence-corrected chi connectivity index (χ3v) is 0.844. The summed E-state index contributed by atoms with van der Waals surface area (Å²) in [7, 11) is 0. The Labute approximate surface area is 49.3 Å². The highest BCUT2D eigenvalue weighted by Crippen LogP contribution is 1.86. The molecule has 1 atom stereocenters. The van der Waals surface area contributed by atoms with Crippen molar-refractivity contribution in [2.24, 2.45) is 5.73 Å². The van der Waals surface area contributed by atoms with Crippen molar-refractivity contribution in [2.75, 3.05) is 0 Å². The fourth-order valence-electron chi connectivity index (χ4n) is 0.459. The third kappa shape index (κ3) is 3.61. The van der Waals surface area contributed by atoms with Crippen molar-refractivity contribution in [3.63, 3.8) is 0 Å². The van der Waals surface area contributed by atoms with E-state index >= 15 is 0 Å². The summed E-state index contributed by atoms with van der Waals surface area (Å²) in [5, 5.41) is 2.32. The Balaban J connectivity index is 3.03. The van der Waals surface area contributed by atoms with E-state index in [1.54, 1.807) is 0 Å². The van der Waals surface area contributed by atoms with Gasteiger partial charge in [0, 0.05) is 0 Å². The van der Waals surface area contributed by atoms with Crippen LogP contribution in [0, 0.1) is 0 Å². The highest BCUT2D eigenvalue weighted by Gasteiger charge is 1.94. The predicted octanol–water partition coefficient (Wildman–Crippen LogP) is -0.272. The van der Waals surface area contributed by atoms with Gasteiger partial charge in [-0.2, -0.15) is 0 Å². The minimum Gasteiger partial charge on any atom is -0.333 e. The largest absolute Gasteiger partial charge is 0.333 e. The lowest BCUT2D eigenvalue weighted by molar-refractivity contribution is 0.505. The first-order chi connectivity index (χ1) is 3.81. The van der Waals surface area contributed by atoms with Gasteiger partial charge in [0.05, 0.1) is 6.17 Å². The van der Waals surface area contributed by atoms with Crippen molar-refractivity contribution >= 4 is 6.41 Å². The maximum atomic E-state index is 9.57. The Morgan fingerprint density at radius 1 is 1.88 bits per heavy atom. The maximum Gasteiger partial charge on any atom is 0.310 e. The highest BCUT2D eigenvalue weighted by molar-refractivity contribution is 5.47. The zero-order valence-electron chi connectivity index (χ0n) is 4.98. The average molecular weight is 115 g/mol. The molecule has 0 spiro atoms. The summed E-state index contributed by atoms with van der Waals surface area (Å²) in [6, 6.07) is 0. The molecule has 0 rings (SSSR count). The molecule has 0 aliphatic heterocycles. The molecular formula is C5H11N2O. The Morgan fingerprint density at radius 3 is 2.88 bits per heavy atom. The Bertz CT molecular complexity index is 65.4. The second kappa shape index (κ2) is 4.59. The number of carbonyl (C=O) groups excluding carboxylic acids is 1. The van der Waals surface area contributed by atoms with Crippen LogP contribution in [0.2, 0.25) is 0 Å². The van der Waals surface area contributed by atoms with Crippen LogP contribution in [0.1, 0.15) is 19.8 Å². The topological polar surface area (TPSA) is 55.1 Å². The van der Waals surface area contributed by atoms with Crippen LogP contribution >= 0.6 is 0 Å². The van der Waals surface area contributed by atoms with E-state index in [1.165, 1.54) is 6.41 Å². The van der Waals surface area contributed by atoms with Crippen LogP contribution in [0.15, 0.2) is 0 Å². The molecule has 3 heteroatoms. The fourth-order valence-corrected chi connectivity index (χ4v) is 0.459. The minimum atomic E-state index is -0.211. The molecule has 0 saturated heterocycles. The molecule has 0 fully saturated rings. The second-order valence-electron chi connectivity index (χ2n) is 1.64. The molecule has 47 valence electrons. The van der Waals surface area contributed by atoms with Crippen molar-refractivity contribution in [1.82, 2.24) is 5.32 Å². The molecule has 1 radical (unpaired) electrons. The number of amides is 1. The molecule has 0 aromatic heterocycles. The monoisotopic (exact) mass is 115 g/mol. The molecule has 0 heterocycles. The molecule has 0 aromatic rings. The summed E-state index contributed by atoms with van der Waals surface area (Å²) in [5.74, 6) is 0. The summed E-state index contributed by atoms with van der Waals surface area (Å²) in [4.78, 5) is 9.57. The first-order valence-corrected chi connectivity index (χ1v) is 2.69. The van der Waals surface area contributed by atoms with Crippen molar-refractivity contribution < 1.29 is 4.79 Å². The van der Waals surface area contributed by atoms with Crippen LogP contribution in [0.3, 0.4) is 0 Å². The molecule has 0 aliphatic carbocycles. The summed E-state index contributed by atoms with van der Waals surface area (Å²) in [6.07, 6.45) is 3.11. The standard InChI is InChI=1S/C5H11N2O/c1-2-3-5(6)7-4-8/h5H,2-3,6H2,1H3,(H,7,8). The lowest BCUT2D eigenvalue weighted by Gasteiger charge is -2.05. The Hall–Kier alpha value is -0.570. The van der Waals surface area contributed by atoms with E-state index in [9.17, 15) is 4.79 Å². The van der Waals surface area contributed by atoms with Crippen LogP contribution in [-0.2, 0) is 4.79 Å². The lowest BCUT2D eigenvalue weighted by Crippen LogP contribution is -2.35. The van der Waals surface area contributed by atoms with E-state index in [-0.39, 0.29) is 6.17 Å². The molecule has 3 N–H and O–H groups in total. The maximum absolute atomic E-state index is 9.57. The third-order valence-electron chi connectivity index (χ3n) is 0.844. The van der Waals surface area contributed by atoms with Crippen LogP contribution in [0.5, 0.6) is 0 Å². The van der Waals surface area contributed by atoms with Gasteiger partial charge < -0.3 is 11.1 Å². The van der Waals surface area contributed by atoms with Gasteiger partial charge in [-0.1, -0.05) is 13.3 Å². The van der Waals surface area contributed by atoms with Gasteiger partial charge in [0.2, 0.25) is 0 Å². The van der Waals surface area contributed by atoms with E-state index in [4.69, 9.17) is 5.73 Å². The molecule has 1 amide bonds. The Morgan fingerprint density at radius 2 is 2.50 bits per heavy atom. The summed E-state index contributed by atoms with van der Waals surface area (Å²) < 4.78 is 0. The van der Waals surface area contributed by atoms with Gasteiger partial charge >= 0.3 is 6.41 Å². The number of rotatable bonds is 4. The van der Waals surface area contributed by atoms with Crippen molar-refractivity contribution in [3.05, 3.63) is 0 Å². The van der Waals surface area contributed by atoms with E-state index in [1.807, 2.05) is 6.92 Å². The molecule has 8 heavy (non-hydrogen) atoms. The van der Waals surface area contributed by atoms with Crippen molar-refractivity contribution in [2.45, 2.75) is 25.9 Å². The molecular weight excluding hydrogens is 104 g/mol. The SMILES string of the molecule is CCCC(N)N[C]=O. The fraction of sp³-hybridized carbons (Fsp3) is 0.800. The number of nitrogens with two attached hydrogens (primary N) is 1. The van der Waals surface area contributed by atoms with Gasteiger partial charge in [-0.15, -0.1) is 0 Å². The van der Waals surface area contributed by atoms with E-state index in [0.29, 0.717) is 0 Å². The molecule has 3 nitrogen and oxygen atoms in total. The van der Waals surface area contributed by atoms with Gasteiger partial charge in [-0.25, -0.2) is 0 Å². The van der Waals surface area contributed by atoms with Gasteiger partial charge in [0.25, 0.3) is 0 Å². The van der Waals surface area contributed by atoms with Crippen LogP contribution < -0.4 is 11.1 Å². The number of hydrogen-bond donors (Lipinski definition) is 2. The normalized spacial score (nSPS) is 12.8. The van der Waals surface area contributed by atoms with Crippen LogP contribution in [0.4, 0.5) is 0 Å². The van der Waals surface area contributed by atoms with E-state index in [2.05, 4.69) is 5.32 Å². The zero-order chi connectivity index (χ0) is 6.41. The highest BCUT2D eigenvalue weighted by atomic mass is 16.1. The summed E-state index contributed by atoms with van der Waals surface area (Å²) in [6.45, 7) is 2.01. The summed E-state index contributed by atoms with van der Waals surface area (Å²) in [5.41, 5.74) is 5.32. The van der Waals surface area contributed by atoms with Crippen molar-refractivity contribution in [1.29, 1.82) is 0 Å². The lowest BCUT2D eigenvalue weighted by atomic mass is 10.3. The Kier molecular flexibility index (Phi) is 4.26. The van der Waals surface area contributed by atoms with Gasteiger partial charge in [0.1, 0.15) is 0 Å². The zero-order valence-corrected chi connectivity index (χ0v) is 4.98. The van der Waals surface area contributed by atoms with Crippen LogP contribution in [0.25, 0.3) is 0 Å². The quantitative estimate of drug-likeness (QED) is 0.391. The first kappa shape index (κ1) is 7.43. The van der Waals surface area contributed by atoms with Crippen LogP contribution in [-0.4, -0.2) is 12.6 Å². The molecule has 1 unspecified atom stereocenters. The molecule has 0 saturated carbocycles. The molecule has 0 aliphatic rings. The predicted molar refractivity (Wildman–Crippen MR) is 31.7 cm³/mol. The number of nitrogens with one attached hydrogen (secondary N) is 1. The smallest absolute Gasteiger partial charge is 0.310 e.